The Bertz CT molecular complexity index is 433. The Morgan fingerprint density at radius 2 is 1.88 bits per heavy atom. The second kappa shape index (κ2) is 6.38. The van der Waals surface area contributed by atoms with Crippen molar-refractivity contribution < 1.29 is 8.42 Å². The molecule has 0 aliphatic rings. The van der Waals surface area contributed by atoms with Crippen molar-refractivity contribution in [3.8, 4) is 0 Å². The zero-order chi connectivity index (χ0) is 12.9. The van der Waals surface area contributed by atoms with Crippen LogP contribution >= 0.6 is 11.6 Å². The van der Waals surface area contributed by atoms with E-state index in [9.17, 15) is 8.42 Å². The molecular formula is C12H18ClNO2S. The van der Waals surface area contributed by atoms with E-state index in [1.165, 1.54) is 4.31 Å². The summed E-state index contributed by atoms with van der Waals surface area (Å²) in [6.07, 6.45) is 0. The van der Waals surface area contributed by atoms with Gasteiger partial charge >= 0.3 is 0 Å². The summed E-state index contributed by atoms with van der Waals surface area (Å²) in [5.74, 6) is 0.119. The highest BCUT2D eigenvalue weighted by molar-refractivity contribution is 7.89. The van der Waals surface area contributed by atoms with E-state index < -0.39 is 15.3 Å². The van der Waals surface area contributed by atoms with Gasteiger partial charge < -0.3 is 0 Å². The molecule has 0 aliphatic heterocycles. The second-order valence-electron chi connectivity index (χ2n) is 3.92. The van der Waals surface area contributed by atoms with Gasteiger partial charge in [0, 0.05) is 19.0 Å². The predicted molar refractivity (Wildman–Crippen MR) is 71.6 cm³/mol. The third kappa shape index (κ3) is 3.69. The number of halogens is 1. The molecule has 0 saturated heterocycles. The highest BCUT2D eigenvalue weighted by atomic mass is 35.5. The summed E-state index contributed by atoms with van der Waals surface area (Å²) in [5, 5.41) is -0.548. The standard InChI is InChI=1S/C12H18ClNO2S/c1-3-14(17(15,16)11(2)9-13)10-12-7-5-4-6-8-12/h4-8,11H,3,9-10H2,1-2H3. The van der Waals surface area contributed by atoms with Gasteiger partial charge in [-0.15, -0.1) is 11.6 Å². The topological polar surface area (TPSA) is 37.4 Å². The maximum atomic E-state index is 12.1. The molecule has 0 spiro atoms. The van der Waals surface area contributed by atoms with E-state index in [-0.39, 0.29) is 5.88 Å². The van der Waals surface area contributed by atoms with Crippen LogP contribution in [0, 0.1) is 0 Å². The van der Waals surface area contributed by atoms with Gasteiger partial charge in [-0.2, -0.15) is 4.31 Å². The molecule has 5 heteroatoms. The normalized spacial score (nSPS) is 13.9. The van der Waals surface area contributed by atoms with Gasteiger partial charge in [0.05, 0.1) is 5.25 Å². The average Bonchev–Trinajstić information content (AvgIpc) is 2.35. The lowest BCUT2D eigenvalue weighted by Crippen LogP contribution is -2.37. The van der Waals surface area contributed by atoms with Crippen LogP contribution in [0.5, 0.6) is 0 Å². The zero-order valence-electron chi connectivity index (χ0n) is 10.1. The number of hydrogen-bond acceptors (Lipinski definition) is 2. The minimum atomic E-state index is -3.30. The first kappa shape index (κ1) is 14.5. The summed E-state index contributed by atoms with van der Waals surface area (Å²) in [6, 6.07) is 9.56. The first-order chi connectivity index (χ1) is 8.02. The van der Waals surface area contributed by atoms with Crippen LogP contribution in [-0.4, -0.2) is 30.4 Å². The minimum absolute atomic E-state index is 0.119. The smallest absolute Gasteiger partial charge is 0.212 e. The summed E-state index contributed by atoms with van der Waals surface area (Å²) >= 11 is 5.63. The molecule has 0 aromatic heterocycles. The number of hydrogen-bond donors (Lipinski definition) is 0. The molecule has 17 heavy (non-hydrogen) atoms. The van der Waals surface area contributed by atoms with Crippen molar-refractivity contribution in [3.63, 3.8) is 0 Å². The maximum Gasteiger partial charge on any atom is 0.218 e. The van der Waals surface area contributed by atoms with Crippen molar-refractivity contribution in [3.05, 3.63) is 35.9 Å². The number of sulfonamides is 1. The maximum absolute atomic E-state index is 12.1. The van der Waals surface area contributed by atoms with Gasteiger partial charge in [0.25, 0.3) is 0 Å². The number of alkyl halides is 1. The molecule has 0 aliphatic carbocycles. The summed E-state index contributed by atoms with van der Waals surface area (Å²) < 4.78 is 25.7. The molecule has 1 aromatic rings. The summed E-state index contributed by atoms with van der Waals surface area (Å²) in [4.78, 5) is 0. The summed E-state index contributed by atoms with van der Waals surface area (Å²) in [7, 11) is -3.30. The molecule has 1 rings (SSSR count). The Kier molecular flexibility index (Phi) is 5.43. The molecule has 1 atom stereocenters. The summed E-state index contributed by atoms with van der Waals surface area (Å²) in [5.41, 5.74) is 0.986. The van der Waals surface area contributed by atoms with Crippen LogP contribution in [-0.2, 0) is 16.6 Å². The van der Waals surface area contributed by atoms with Crippen molar-refractivity contribution in [1.82, 2.24) is 4.31 Å². The van der Waals surface area contributed by atoms with Crippen molar-refractivity contribution in [1.29, 1.82) is 0 Å². The molecule has 0 heterocycles. The number of nitrogens with zero attached hydrogens (tertiary/aromatic N) is 1. The first-order valence-electron chi connectivity index (χ1n) is 5.61. The van der Waals surface area contributed by atoms with Gasteiger partial charge in [0.1, 0.15) is 0 Å². The third-order valence-electron chi connectivity index (χ3n) is 2.64. The number of rotatable bonds is 6. The monoisotopic (exact) mass is 275 g/mol. The van der Waals surface area contributed by atoms with Gasteiger partial charge in [-0.05, 0) is 12.5 Å². The van der Waals surface area contributed by atoms with Crippen molar-refractivity contribution in [2.24, 2.45) is 0 Å². The number of benzene rings is 1. The minimum Gasteiger partial charge on any atom is -0.212 e. The highest BCUT2D eigenvalue weighted by Crippen LogP contribution is 2.14. The van der Waals surface area contributed by atoms with Crippen LogP contribution in [0.4, 0.5) is 0 Å². The Balaban J connectivity index is 2.86. The van der Waals surface area contributed by atoms with Crippen molar-refractivity contribution in [2.45, 2.75) is 25.6 Å². The van der Waals surface area contributed by atoms with Gasteiger partial charge in [-0.3, -0.25) is 0 Å². The van der Waals surface area contributed by atoms with E-state index >= 15 is 0 Å². The Hall–Kier alpha value is -0.580. The van der Waals surface area contributed by atoms with Crippen LogP contribution in [0.2, 0.25) is 0 Å². The van der Waals surface area contributed by atoms with Crippen molar-refractivity contribution in [2.75, 3.05) is 12.4 Å². The Morgan fingerprint density at radius 1 is 1.29 bits per heavy atom. The molecule has 0 saturated carbocycles. The molecule has 3 nitrogen and oxygen atoms in total. The van der Waals surface area contributed by atoms with E-state index in [1.807, 2.05) is 37.3 Å². The fourth-order valence-electron chi connectivity index (χ4n) is 1.50. The van der Waals surface area contributed by atoms with Gasteiger partial charge in [-0.25, -0.2) is 8.42 Å². The molecular weight excluding hydrogens is 258 g/mol. The second-order valence-corrected chi connectivity index (χ2v) is 6.58. The molecule has 96 valence electrons. The van der Waals surface area contributed by atoms with E-state index in [0.29, 0.717) is 13.1 Å². The van der Waals surface area contributed by atoms with Gasteiger partial charge in [-0.1, -0.05) is 37.3 Å². The lowest BCUT2D eigenvalue weighted by molar-refractivity contribution is 0.418. The summed E-state index contributed by atoms with van der Waals surface area (Å²) in [6.45, 7) is 4.33. The Labute approximate surface area is 108 Å². The largest absolute Gasteiger partial charge is 0.218 e. The highest BCUT2D eigenvalue weighted by Gasteiger charge is 2.26. The SMILES string of the molecule is CCN(Cc1ccccc1)S(=O)(=O)C(C)CCl. The van der Waals surface area contributed by atoms with E-state index in [2.05, 4.69) is 0 Å². The fraction of sp³-hybridized carbons (Fsp3) is 0.500. The van der Waals surface area contributed by atoms with Crippen molar-refractivity contribution >= 4 is 21.6 Å². The molecule has 0 radical (unpaired) electrons. The fourth-order valence-corrected chi connectivity index (χ4v) is 3.34. The zero-order valence-corrected chi connectivity index (χ0v) is 11.7. The molecule has 0 amide bonds. The quantitative estimate of drug-likeness (QED) is 0.748. The van der Waals surface area contributed by atoms with E-state index in [0.717, 1.165) is 5.56 Å². The van der Waals surface area contributed by atoms with Gasteiger partial charge in [0.15, 0.2) is 0 Å². The molecule has 1 aromatic carbocycles. The van der Waals surface area contributed by atoms with Crippen LogP contribution in [0.1, 0.15) is 19.4 Å². The first-order valence-corrected chi connectivity index (χ1v) is 7.65. The van der Waals surface area contributed by atoms with E-state index in [1.54, 1.807) is 6.92 Å². The van der Waals surface area contributed by atoms with Crippen LogP contribution in [0.3, 0.4) is 0 Å². The van der Waals surface area contributed by atoms with Crippen LogP contribution in [0.15, 0.2) is 30.3 Å². The molecule has 0 fully saturated rings. The molecule has 1 unspecified atom stereocenters. The average molecular weight is 276 g/mol. The molecule has 0 bridgehead atoms. The third-order valence-corrected chi connectivity index (χ3v) is 5.58. The lowest BCUT2D eigenvalue weighted by atomic mass is 10.2. The Morgan fingerprint density at radius 3 is 2.35 bits per heavy atom. The van der Waals surface area contributed by atoms with Crippen LogP contribution in [0.25, 0.3) is 0 Å². The predicted octanol–water partition coefficient (Wildman–Crippen LogP) is 2.47. The van der Waals surface area contributed by atoms with E-state index in [4.69, 9.17) is 11.6 Å². The van der Waals surface area contributed by atoms with Crippen LogP contribution < -0.4 is 0 Å². The van der Waals surface area contributed by atoms with Gasteiger partial charge in [0.2, 0.25) is 10.0 Å². The lowest BCUT2D eigenvalue weighted by Gasteiger charge is -2.23. The molecule has 0 N–H and O–H groups in total.